The molecule has 2 N–H and O–H groups in total. The number of rotatable bonds is 4. The molecule has 96 valence electrons. The van der Waals surface area contributed by atoms with Crippen LogP contribution in [0.3, 0.4) is 0 Å². The Morgan fingerprint density at radius 1 is 1.00 bits per heavy atom. The lowest BCUT2D eigenvalue weighted by Gasteiger charge is -2.11. The van der Waals surface area contributed by atoms with Gasteiger partial charge in [-0.3, -0.25) is 0 Å². The lowest BCUT2D eigenvalue weighted by molar-refractivity contribution is 0.617. The summed E-state index contributed by atoms with van der Waals surface area (Å²) in [5.74, 6) is -0.184. The summed E-state index contributed by atoms with van der Waals surface area (Å²) < 4.78 is 13.0. The van der Waals surface area contributed by atoms with Gasteiger partial charge in [-0.05, 0) is 36.1 Å². The van der Waals surface area contributed by atoms with Gasteiger partial charge in [0.1, 0.15) is 5.82 Å². The maximum atomic E-state index is 13.0. The lowest BCUT2D eigenvalue weighted by atomic mass is 10.00. The van der Waals surface area contributed by atoms with E-state index >= 15 is 0 Å². The minimum Gasteiger partial charge on any atom is -0.324 e. The van der Waals surface area contributed by atoms with E-state index in [0.717, 1.165) is 24.0 Å². The third-order valence-corrected chi connectivity index (χ3v) is 2.86. The molecule has 18 heavy (non-hydrogen) atoms. The fraction of sp³-hybridized carbons (Fsp3) is 0.200. The quantitative estimate of drug-likeness (QED) is 0.892. The van der Waals surface area contributed by atoms with E-state index in [1.165, 1.54) is 6.07 Å². The number of hydrogen-bond donors (Lipinski definition) is 1. The monoisotopic (exact) mass is 265 g/mol. The third-order valence-electron chi connectivity index (χ3n) is 2.86. The van der Waals surface area contributed by atoms with Crippen LogP contribution >= 0.6 is 12.4 Å². The number of hydrogen-bond acceptors (Lipinski definition) is 1. The van der Waals surface area contributed by atoms with E-state index in [1.54, 1.807) is 12.1 Å². The van der Waals surface area contributed by atoms with Crippen LogP contribution in [0, 0.1) is 5.82 Å². The van der Waals surface area contributed by atoms with Gasteiger partial charge in [-0.25, -0.2) is 4.39 Å². The zero-order valence-electron chi connectivity index (χ0n) is 10.1. The Labute approximate surface area is 113 Å². The summed E-state index contributed by atoms with van der Waals surface area (Å²) in [6.45, 7) is 0. The summed E-state index contributed by atoms with van der Waals surface area (Å²) in [6.07, 6.45) is 1.63. The minimum atomic E-state index is -0.184. The smallest absolute Gasteiger partial charge is 0.123 e. The van der Waals surface area contributed by atoms with E-state index in [9.17, 15) is 4.39 Å². The van der Waals surface area contributed by atoms with Crippen LogP contribution in [0.4, 0.5) is 4.39 Å². The molecule has 2 rings (SSSR count). The van der Waals surface area contributed by atoms with Crippen LogP contribution in [-0.4, -0.2) is 0 Å². The van der Waals surface area contributed by atoms with Crippen LogP contribution in [-0.2, 0) is 6.42 Å². The molecule has 0 saturated carbocycles. The Bertz CT molecular complexity index is 473. The highest BCUT2D eigenvalue weighted by molar-refractivity contribution is 5.85. The molecule has 0 amide bonds. The molecule has 0 radical (unpaired) electrons. The predicted molar refractivity (Wildman–Crippen MR) is 75.3 cm³/mol. The van der Waals surface area contributed by atoms with Crippen molar-refractivity contribution in [1.82, 2.24) is 0 Å². The van der Waals surface area contributed by atoms with Gasteiger partial charge in [0.25, 0.3) is 0 Å². The van der Waals surface area contributed by atoms with E-state index < -0.39 is 0 Å². The van der Waals surface area contributed by atoms with Crippen molar-refractivity contribution < 1.29 is 4.39 Å². The van der Waals surface area contributed by atoms with Gasteiger partial charge in [-0.1, -0.05) is 42.5 Å². The normalized spacial score (nSPS) is 11.7. The zero-order chi connectivity index (χ0) is 12.1. The molecule has 1 unspecified atom stereocenters. The summed E-state index contributed by atoms with van der Waals surface area (Å²) in [4.78, 5) is 0. The molecule has 0 aliphatic carbocycles. The molecule has 0 aromatic heterocycles. The van der Waals surface area contributed by atoms with Crippen LogP contribution in [0.25, 0.3) is 0 Å². The van der Waals surface area contributed by atoms with E-state index in [2.05, 4.69) is 0 Å². The van der Waals surface area contributed by atoms with Crippen molar-refractivity contribution in [2.24, 2.45) is 5.73 Å². The summed E-state index contributed by atoms with van der Waals surface area (Å²) in [6, 6.07) is 16.7. The fourth-order valence-corrected chi connectivity index (χ4v) is 1.88. The molecule has 0 aliphatic heterocycles. The maximum Gasteiger partial charge on any atom is 0.123 e. The number of aryl methyl sites for hydroxylation is 1. The Morgan fingerprint density at radius 2 is 1.72 bits per heavy atom. The predicted octanol–water partition coefficient (Wildman–Crippen LogP) is 3.88. The van der Waals surface area contributed by atoms with Crippen LogP contribution in [0.2, 0.25) is 0 Å². The van der Waals surface area contributed by atoms with Gasteiger partial charge in [0.15, 0.2) is 0 Å². The van der Waals surface area contributed by atoms with Gasteiger partial charge in [0, 0.05) is 6.04 Å². The van der Waals surface area contributed by atoms with Crippen molar-refractivity contribution in [3.63, 3.8) is 0 Å². The van der Waals surface area contributed by atoms with Crippen molar-refractivity contribution >= 4 is 12.4 Å². The molecule has 0 aliphatic rings. The molecule has 0 fully saturated rings. The van der Waals surface area contributed by atoms with E-state index in [0.29, 0.717) is 0 Å². The van der Waals surface area contributed by atoms with Gasteiger partial charge in [-0.15, -0.1) is 12.4 Å². The summed E-state index contributed by atoms with van der Waals surface area (Å²) in [7, 11) is 0. The number of halogens is 2. The molecular weight excluding hydrogens is 249 g/mol. The van der Waals surface area contributed by atoms with Crippen molar-refractivity contribution in [1.29, 1.82) is 0 Å². The molecule has 2 aromatic rings. The highest BCUT2D eigenvalue weighted by atomic mass is 35.5. The lowest BCUT2D eigenvalue weighted by Crippen LogP contribution is -2.11. The topological polar surface area (TPSA) is 26.0 Å². The maximum absolute atomic E-state index is 13.0. The number of nitrogens with two attached hydrogens (primary N) is 1. The average molecular weight is 266 g/mol. The van der Waals surface area contributed by atoms with Crippen LogP contribution < -0.4 is 5.73 Å². The highest BCUT2D eigenvalue weighted by Crippen LogP contribution is 2.16. The molecule has 0 saturated heterocycles. The number of benzene rings is 2. The average Bonchev–Trinajstić information content (AvgIpc) is 2.37. The van der Waals surface area contributed by atoms with E-state index in [4.69, 9.17) is 5.73 Å². The first-order chi connectivity index (χ1) is 8.25. The molecular formula is C15H17ClFN. The first-order valence-electron chi connectivity index (χ1n) is 5.80. The zero-order valence-corrected chi connectivity index (χ0v) is 10.9. The SMILES string of the molecule is Cl.NC(CCc1cccc(F)c1)c1ccccc1. The summed E-state index contributed by atoms with van der Waals surface area (Å²) >= 11 is 0. The Morgan fingerprint density at radius 3 is 2.39 bits per heavy atom. The molecule has 3 heteroatoms. The molecule has 0 spiro atoms. The molecule has 0 bridgehead atoms. The van der Waals surface area contributed by atoms with E-state index in [-0.39, 0.29) is 24.3 Å². The Hall–Kier alpha value is -1.38. The Balaban J connectivity index is 0.00000162. The van der Waals surface area contributed by atoms with Crippen LogP contribution in [0.15, 0.2) is 54.6 Å². The van der Waals surface area contributed by atoms with Crippen molar-refractivity contribution in [2.75, 3.05) is 0 Å². The molecule has 1 nitrogen and oxygen atoms in total. The van der Waals surface area contributed by atoms with Crippen LogP contribution in [0.1, 0.15) is 23.6 Å². The van der Waals surface area contributed by atoms with Gasteiger partial charge < -0.3 is 5.73 Å². The van der Waals surface area contributed by atoms with Crippen molar-refractivity contribution in [3.8, 4) is 0 Å². The summed E-state index contributed by atoms with van der Waals surface area (Å²) in [5, 5.41) is 0. The van der Waals surface area contributed by atoms with Crippen molar-refractivity contribution in [2.45, 2.75) is 18.9 Å². The summed E-state index contributed by atoms with van der Waals surface area (Å²) in [5.41, 5.74) is 8.21. The van der Waals surface area contributed by atoms with Crippen LogP contribution in [0.5, 0.6) is 0 Å². The first kappa shape index (κ1) is 14.7. The van der Waals surface area contributed by atoms with Gasteiger partial charge in [0.2, 0.25) is 0 Å². The third kappa shape index (κ3) is 4.13. The second-order valence-corrected chi connectivity index (χ2v) is 4.19. The Kier molecular flexibility index (Phi) is 5.83. The van der Waals surface area contributed by atoms with E-state index in [1.807, 2.05) is 36.4 Å². The van der Waals surface area contributed by atoms with Crippen molar-refractivity contribution in [3.05, 3.63) is 71.5 Å². The van der Waals surface area contributed by atoms with Gasteiger partial charge in [0.05, 0.1) is 0 Å². The largest absolute Gasteiger partial charge is 0.324 e. The second-order valence-electron chi connectivity index (χ2n) is 4.19. The highest BCUT2D eigenvalue weighted by Gasteiger charge is 2.05. The fourth-order valence-electron chi connectivity index (χ4n) is 1.88. The van der Waals surface area contributed by atoms with Gasteiger partial charge >= 0.3 is 0 Å². The van der Waals surface area contributed by atoms with Gasteiger partial charge in [-0.2, -0.15) is 0 Å². The molecule has 1 atom stereocenters. The molecule has 2 aromatic carbocycles. The molecule has 0 heterocycles. The second kappa shape index (κ2) is 7.14. The minimum absolute atomic E-state index is 0. The first-order valence-corrected chi connectivity index (χ1v) is 5.80. The standard InChI is InChI=1S/C15H16FN.ClH/c16-14-8-4-5-12(11-14)9-10-15(17)13-6-2-1-3-7-13;/h1-8,11,15H,9-10,17H2;1H.